The van der Waals surface area contributed by atoms with E-state index in [-0.39, 0.29) is 0 Å². The second kappa shape index (κ2) is 6.96. The van der Waals surface area contributed by atoms with Gasteiger partial charge in [0.15, 0.2) is 5.76 Å². The van der Waals surface area contributed by atoms with E-state index in [0.29, 0.717) is 19.4 Å². The molecule has 3 N–H and O–H groups in total. The van der Waals surface area contributed by atoms with E-state index in [9.17, 15) is 4.79 Å². The fraction of sp³-hybridized carbons (Fsp3) is 0.250. The molecule has 0 saturated carbocycles. The molecule has 92 valence electrons. The van der Waals surface area contributed by atoms with Crippen LogP contribution in [0.3, 0.4) is 0 Å². The molecule has 0 spiro atoms. The number of amides is 1. The fourth-order valence-electron chi connectivity index (χ4n) is 1.14. The molecule has 0 aliphatic heterocycles. The molecule has 4 nitrogen and oxygen atoms in total. The molecule has 0 unspecified atom stereocenters. The molecule has 1 aromatic rings. The van der Waals surface area contributed by atoms with Crippen molar-refractivity contribution >= 4 is 21.8 Å². The Kier molecular flexibility index (Phi) is 5.56. The number of unbranched alkanes of at least 4 members (excludes halogenated alkanes) is 1. The van der Waals surface area contributed by atoms with Gasteiger partial charge in [0.1, 0.15) is 5.75 Å². The smallest absolute Gasteiger partial charge is 0.283 e. The van der Waals surface area contributed by atoms with Gasteiger partial charge in [-0.05, 0) is 43.2 Å². The molecule has 0 aliphatic rings. The van der Waals surface area contributed by atoms with Crippen LogP contribution in [-0.2, 0) is 4.79 Å². The summed E-state index contributed by atoms with van der Waals surface area (Å²) in [6.07, 6.45) is 2.64. The number of primary amides is 1. The van der Waals surface area contributed by atoms with Gasteiger partial charge in [-0.15, -0.1) is 0 Å². The summed E-state index contributed by atoms with van der Waals surface area (Å²) in [7, 11) is 0. The van der Waals surface area contributed by atoms with Crippen LogP contribution in [0.5, 0.6) is 5.75 Å². The normalized spacial score (nSPS) is 11.2. The first-order chi connectivity index (χ1) is 8.09. The van der Waals surface area contributed by atoms with Crippen molar-refractivity contribution < 1.29 is 14.6 Å². The van der Waals surface area contributed by atoms with Gasteiger partial charge in [-0.1, -0.05) is 15.9 Å². The third-order valence-electron chi connectivity index (χ3n) is 2.02. The zero-order valence-electron chi connectivity index (χ0n) is 9.23. The Balaban J connectivity index is 2.23. The summed E-state index contributed by atoms with van der Waals surface area (Å²) in [4.78, 5) is 10.5. The number of hydrogen-bond donors (Lipinski definition) is 2. The zero-order chi connectivity index (χ0) is 12.7. The number of ether oxygens (including phenoxy) is 1. The summed E-state index contributed by atoms with van der Waals surface area (Å²) >= 11 is 3.33. The Morgan fingerprint density at radius 1 is 1.41 bits per heavy atom. The Hall–Kier alpha value is -1.49. The quantitative estimate of drug-likeness (QED) is 0.482. The molecule has 5 heteroatoms. The number of carbonyl (C=O) groups excluding carboxylic acids is 1. The average molecular weight is 300 g/mol. The molecule has 17 heavy (non-hydrogen) atoms. The maximum Gasteiger partial charge on any atom is 0.283 e. The first-order valence-electron chi connectivity index (χ1n) is 5.17. The minimum Gasteiger partial charge on any atom is -0.503 e. The Morgan fingerprint density at radius 3 is 2.65 bits per heavy atom. The number of hydrogen-bond acceptors (Lipinski definition) is 3. The first kappa shape index (κ1) is 13.6. The van der Waals surface area contributed by atoms with Crippen molar-refractivity contribution in [2.24, 2.45) is 5.73 Å². The second-order valence-electron chi connectivity index (χ2n) is 3.40. The summed E-state index contributed by atoms with van der Waals surface area (Å²) in [6.45, 7) is 0.518. The molecule has 0 bridgehead atoms. The zero-order valence-corrected chi connectivity index (χ0v) is 10.8. The van der Waals surface area contributed by atoms with Gasteiger partial charge in [0.2, 0.25) is 0 Å². The molecule has 0 saturated heterocycles. The van der Waals surface area contributed by atoms with Crippen molar-refractivity contribution in [2.45, 2.75) is 12.8 Å². The van der Waals surface area contributed by atoms with Gasteiger partial charge in [0.25, 0.3) is 5.91 Å². The van der Waals surface area contributed by atoms with Crippen LogP contribution in [-0.4, -0.2) is 17.6 Å². The van der Waals surface area contributed by atoms with Crippen LogP contribution < -0.4 is 10.5 Å². The van der Waals surface area contributed by atoms with E-state index in [1.807, 2.05) is 24.3 Å². The van der Waals surface area contributed by atoms with Crippen LogP contribution in [0.4, 0.5) is 0 Å². The lowest BCUT2D eigenvalue weighted by atomic mass is 10.3. The standard InChI is InChI=1S/C12H14BrNO3/c13-9-4-6-10(7-5-9)17-8-2-1-3-11(15)12(14)16/h3-7,15H,1-2,8H2,(H2,14,16). The maximum atomic E-state index is 10.5. The average Bonchev–Trinajstić information content (AvgIpc) is 2.30. The molecule has 0 aromatic heterocycles. The largest absolute Gasteiger partial charge is 0.503 e. The summed E-state index contributed by atoms with van der Waals surface area (Å²) in [5.41, 5.74) is 4.86. The van der Waals surface area contributed by atoms with E-state index in [2.05, 4.69) is 15.9 Å². The van der Waals surface area contributed by atoms with Crippen molar-refractivity contribution in [3.63, 3.8) is 0 Å². The second-order valence-corrected chi connectivity index (χ2v) is 4.31. The van der Waals surface area contributed by atoms with E-state index in [4.69, 9.17) is 15.6 Å². The Morgan fingerprint density at radius 2 is 2.06 bits per heavy atom. The number of nitrogens with two attached hydrogens (primary N) is 1. The number of aliphatic hydroxyl groups excluding tert-OH is 1. The van der Waals surface area contributed by atoms with Gasteiger partial charge >= 0.3 is 0 Å². The number of halogens is 1. The molecule has 0 aliphatic carbocycles. The lowest BCUT2D eigenvalue weighted by molar-refractivity contribution is -0.116. The van der Waals surface area contributed by atoms with E-state index >= 15 is 0 Å². The highest BCUT2D eigenvalue weighted by Gasteiger charge is 1.99. The third kappa shape index (κ3) is 5.40. The Labute approximate surface area is 108 Å². The molecule has 1 rings (SSSR count). The van der Waals surface area contributed by atoms with Crippen LogP contribution in [0.2, 0.25) is 0 Å². The van der Waals surface area contributed by atoms with Crippen LogP contribution in [0.25, 0.3) is 0 Å². The highest BCUT2D eigenvalue weighted by Crippen LogP contribution is 2.16. The first-order valence-corrected chi connectivity index (χ1v) is 5.96. The molecular formula is C12H14BrNO3. The molecule has 0 heterocycles. The number of rotatable bonds is 6. The number of carbonyl (C=O) groups is 1. The van der Waals surface area contributed by atoms with Crippen molar-refractivity contribution in [1.29, 1.82) is 0 Å². The van der Waals surface area contributed by atoms with Crippen LogP contribution in [0, 0.1) is 0 Å². The lowest BCUT2D eigenvalue weighted by Gasteiger charge is -2.04. The van der Waals surface area contributed by atoms with Gasteiger partial charge in [0.05, 0.1) is 6.61 Å². The minimum absolute atomic E-state index is 0.395. The van der Waals surface area contributed by atoms with E-state index in [1.165, 1.54) is 6.08 Å². The highest BCUT2D eigenvalue weighted by atomic mass is 79.9. The lowest BCUT2D eigenvalue weighted by Crippen LogP contribution is -2.13. The van der Waals surface area contributed by atoms with E-state index < -0.39 is 11.7 Å². The van der Waals surface area contributed by atoms with E-state index in [0.717, 1.165) is 10.2 Å². The molecule has 0 atom stereocenters. The van der Waals surface area contributed by atoms with Crippen LogP contribution in [0.15, 0.2) is 40.6 Å². The van der Waals surface area contributed by atoms with Crippen LogP contribution >= 0.6 is 15.9 Å². The van der Waals surface area contributed by atoms with Gasteiger partial charge in [-0.2, -0.15) is 0 Å². The third-order valence-corrected chi connectivity index (χ3v) is 2.55. The van der Waals surface area contributed by atoms with Gasteiger partial charge < -0.3 is 15.6 Å². The van der Waals surface area contributed by atoms with Gasteiger partial charge in [0, 0.05) is 4.47 Å². The van der Waals surface area contributed by atoms with Crippen molar-refractivity contribution in [1.82, 2.24) is 0 Å². The SMILES string of the molecule is NC(=O)C(O)=CCCCOc1ccc(Br)cc1. The summed E-state index contributed by atoms with van der Waals surface area (Å²) in [5.74, 6) is -0.413. The molecular weight excluding hydrogens is 286 g/mol. The fourth-order valence-corrected chi connectivity index (χ4v) is 1.41. The maximum absolute atomic E-state index is 10.5. The molecule has 0 radical (unpaired) electrons. The topological polar surface area (TPSA) is 72.6 Å². The summed E-state index contributed by atoms with van der Waals surface area (Å²) < 4.78 is 6.45. The highest BCUT2D eigenvalue weighted by molar-refractivity contribution is 9.10. The predicted molar refractivity (Wildman–Crippen MR) is 68.8 cm³/mol. The predicted octanol–water partition coefficient (Wildman–Crippen LogP) is 2.54. The van der Waals surface area contributed by atoms with Gasteiger partial charge in [-0.3, -0.25) is 4.79 Å². The van der Waals surface area contributed by atoms with E-state index in [1.54, 1.807) is 0 Å². The monoisotopic (exact) mass is 299 g/mol. The minimum atomic E-state index is -0.807. The number of allylic oxidation sites excluding steroid dienone is 1. The number of benzene rings is 1. The summed E-state index contributed by atoms with van der Waals surface area (Å²) in [5, 5.41) is 9.01. The number of aliphatic hydroxyl groups is 1. The molecule has 0 fully saturated rings. The van der Waals surface area contributed by atoms with Crippen molar-refractivity contribution in [2.75, 3.05) is 6.61 Å². The molecule has 1 aromatic carbocycles. The van der Waals surface area contributed by atoms with Crippen molar-refractivity contribution in [3.8, 4) is 5.75 Å². The van der Waals surface area contributed by atoms with Crippen LogP contribution in [0.1, 0.15) is 12.8 Å². The Bertz CT molecular complexity index is 401. The summed E-state index contributed by atoms with van der Waals surface area (Å²) in [6, 6.07) is 7.52. The van der Waals surface area contributed by atoms with Gasteiger partial charge in [-0.25, -0.2) is 0 Å². The van der Waals surface area contributed by atoms with Crippen molar-refractivity contribution in [3.05, 3.63) is 40.6 Å². The molecule has 1 amide bonds.